The summed E-state index contributed by atoms with van der Waals surface area (Å²) in [6.45, 7) is 2.15. The van der Waals surface area contributed by atoms with Gasteiger partial charge in [0.2, 0.25) is 0 Å². The van der Waals surface area contributed by atoms with E-state index in [0.717, 1.165) is 16.2 Å². The minimum atomic E-state index is -0.357. The van der Waals surface area contributed by atoms with Crippen LogP contribution in [0, 0.1) is 0 Å². The average Bonchev–Trinajstić information content (AvgIpc) is 2.54. The van der Waals surface area contributed by atoms with Gasteiger partial charge in [-0.15, -0.1) is 11.8 Å². The molecule has 0 aliphatic heterocycles. The molecule has 0 saturated heterocycles. The first-order valence-electron chi connectivity index (χ1n) is 7.10. The molecule has 2 rings (SSSR count). The number of benzene rings is 2. The lowest BCUT2D eigenvalue weighted by molar-refractivity contribution is -0.137. The quantitative estimate of drug-likeness (QED) is 0.377. The lowest BCUT2D eigenvalue weighted by Crippen LogP contribution is -1.99. The second-order valence-corrected chi connectivity index (χ2v) is 5.70. The zero-order chi connectivity index (χ0) is 15.8. The van der Waals surface area contributed by atoms with E-state index in [-0.39, 0.29) is 5.97 Å². The molecule has 0 atom stereocenters. The highest BCUT2D eigenvalue weighted by Gasteiger charge is 2.02. The van der Waals surface area contributed by atoms with E-state index in [4.69, 9.17) is 10.5 Å². The molecule has 22 heavy (non-hydrogen) atoms. The van der Waals surface area contributed by atoms with Crippen LogP contribution in [-0.2, 0) is 15.3 Å². The molecule has 114 valence electrons. The number of esters is 1. The largest absolute Gasteiger partial charge is 0.463 e. The van der Waals surface area contributed by atoms with Crippen LogP contribution in [0.4, 0.5) is 5.69 Å². The Morgan fingerprint density at radius 1 is 1.23 bits per heavy atom. The normalized spacial score (nSPS) is 10.8. The average molecular weight is 313 g/mol. The highest BCUT2D eigenvalue weighted by molar-refractivity contribution is 7.98. The van der Waals surface area contributed by atoms with Gasteiger partial charge in [0.1, 0.15) is 0 Å². The fourth-order valence-electron chi connectivity index (χ4n) is 1.88. The summed E-state index contributed by atoms with van der Waals surface area (Å²) in [7, 11) is 0. The van der Waals surface area contributed by atoms with Crippen molar-refractivity contribution in [1.82, 2.24) is 0 Å². The Hall–Kier alpha value is -2.20. The summed E-state index contributed by atoms with van der Waals surface area (Å²) in [6, 6.07) is 16.1. The van der Waals surface area contributed by atoms with Crippen molar-refractivity contribution >= 4 is 29.5 Å². The van der Waals surface area contributed by atoms with Gasteiger partial charge in [-0.05, 0) is 42.3 Å². The molecule has 0 radical (unpaired) electrons. The van der Waals surface area contributed by atoms with Crippen LogP contribution in [0.1, 0.15) is 18.1 Å². The third-order valence-electron chi connectivity index (χ3n) is 2.99. The third-order valence-corrected chi connectivity index (χ3v) is 4.06. The van der Waals surface area contributed by atoms with E-state index in [2.05, 4.69) is 12.1 Å². The van der Waals surface area contributed by atoms with E-state index in [1.165, 1.54) is 11.6 Å². The van der Waals surface area contributed by atoms with E-state index in [1.807, 2.05) is 36.4 Å². The van der Waals surface area contributed by atoms with Crippen LogP contribution < -0.4 is 5.73 Å². The van der Waals surface area contributed by atoms with Gasteiger partial charge in [0, 0.05) is 22.4 Å². The molecular formula is C18H19NO2S. The number of anilines is 1. The lowest BCUT2D eigenvalue weighted by atomic mass is 10.1. The van der Waals surface area contributed by atoms with Crippen molar-refractivity contribution in [3.05, 3.63) is 65.7 Å². The summed E-state index contributed by atoms with van der Waals surface area (Å²) in [6.07, 6.45) is 3.10. The Morgan fingerprint density at radius 3 is 2.73 bits per heavy atom. The van der Waals surface area contributed by atoms with Gasteiger partial charge in [-0.2, -0.15) is 0 Å². The second-order valence-electron chi connectivity index (χ2n) is 4.65. The van der Waals surface area contributed by atoms with E-state index in [1.54, 1.807) is 24.8 Å². The number of hydrogen-bond acceptors (Lipinski definition) is 4. The first-order chi connectivity index (χ1) is 10.7. The number of rotatable bonds is 6. The van der Waals surface area contributed by atoms with Crippen LogP contribution in [-0.4, -0.2) is 12.6 Å². The maximum atomic E-state index is 11.4. The lowest BCUT2D eigenvalue weighted by Gasteiger charge is -2.06. The van der Waals surface area contributed by atoms with E-state index in [9.17, 15) is 4.79 Å². The van der Waals surface area contributed by atoms with Crippen molar-refractivity contribution in [3.63, 3.8) is 0 Å². The molecule has 0 aliphatic rings. The summed E-state index contributed by atoms with van der Waals surface area (Å²) >= 11 is 1.74. The first-order valence-corrected chi connectivity index (χ1v) is 8.08. The van der Waals surface area contributed by atoms with E-state index >= 15 is 0 Å². The number of nitrogen functional groups attached to an aromatic ring is 1. The topological polar surface area (TPSA) is 52.3 Å². The number of ether oxygens (including phenoxy) is 1. The van der Waals surface area contributed by atoms with Crippen LogP contribution in [0.15, 0.2) is 59.5 Å². The summed E-state index contributed by atoms with van der Waals surface area (Å²) in [5, 5.41) is 0. The highest BCUT2D eigenvalue weighted by Crippen LogP contribution is 2.26. The van der Waals surface area contributed by atoms with Gasteiger partial charge in [0.15, 0.2) is 0 Å². The third kappa shape index (κ3) is 4.97. The molecule has 2 aromatic carbocycles. The summed E-state index contributed by atoms with van der Waals surface area (Å²) in [5.74, 6) is 0.537. The van der Waals surface area contributed by atoms with Gasteiger partial charge in [0.05, 0.1) is 6.61 Å². The van der Waals surface area contributed by atoms with Crippen LogP contribution >= 0.6 is 11.8 Å². The van der Waals surface area contributed by atoms with Crippen molar-refractivity contribution in [1.29, 1.82) is 0 Å². The maximum Gasteiger partial charge on any atom is 0.330 e. The van der Waals surface area contributed by atoms with Crippen molar-refractivity contribution in [2.75, 3.05) is 12.3 Å². The highest BCUT2D eigenvalue weighted by atomic mass is 32.2. The molecule has 2 N–H and O–H groups in total. The van der Waals surface area contributed by atoms with Crippen molar-refractivity contribution < 1.29 is 9.53 Å². The van der Waals surface area contributed by atoms with Gasteiger partial charge in [0.25, 0.3) is 0 Å². The zero-order valence-electron chi connectivity index (χ0n) is 12.5. The Kier molecular flexibility index (Phi) is 6.10. The van der Waals surface area contributed by atoms with Crippen molar-refractivity contribution in [2.45, 2.75) is 17.6 Å². The molecule has 4 heteroatoms. The first kappa shape index (κ1) is 16.2. The van der Waals surface area contributed by atoms with Gasteiger partial charge in [-0.25, -0.2) is 4.79 Å². The van der Waals surface area contributed by atoms with E-state index < -0.39 is 0 Å². The maximum absolute atomic E-state index is 11.4. The smallest absolute Gasteiger partial charge is 0.330 e. The van der Waals surface area contributed by atoms with Gasteiger partial charge < -0.3 is 10.5 Å². The molecule has 0 aliphatic carbocycles. The van der Waals surface area contributed by atoms with Crippen LogP contribution in [0.5, 0.6) is 0 Å². The molecule has 0 spiro atoms. The molecule has 0 bridgehead atoms. The fourth-order valence-corrected chi connectivity index (χ4v) is 2.78. The van der Waals surface area contributed by atoms with E-state index in [0.29, 0.717) is 12.3 Å². The molecule has 0 saturated carbocycles. The molecule has 3 nitrogen and oxygen atoms in total. The Balaban J connectivity index is 2.04. The molecule has 0 fully saturated rings. The fraction of sp³-hybridized carbons (Fsp3) is 0.167. The van der Waals surface area contributed by atoms with Gasteiger partial charge >= 0.3 is 5.97 Å². The predicted octanol–water partition coefficient (Wildman–Crippen LogP) is 4.14. The van der Waals surface area contributed by atoms with Gasteiger partial charge in [-0.3, -0.25) is 0 Å². The Bertz CT molecular complexity index is 653. The number of carbonyl (C=O) groups is 1. The van der Waals surface area contributed by atoms with Crippen molar-refractivity contribution in [2.24, 2.45) is 0 Å². The van der Waals surface area contributed by atoms with Gasteiger partial charge in [-0.1, -0.05) is 30.3 Å². The van der Waals surface area contributed by atoms with Crippen LogP contribution in [0.25, 0.3) is 6.08 Å². The number of hydrogen-bond donors (Lipinski definition) is 1. The van der Waals surface area contributed by atoms with Crippen LogP contribution in [0.2, 0.25) is 0 Å². The predicted molar refractivity (Wildman–Crippen MR) is 92.5 cm³/mol. The summed E-state index contributed by atoms with van der Waals surface area (Å²) < 4.78 is 4.87. The minimum absolute atomic E-state index is 0.357. The molecule has 0 unspecified atom stereocenters. The SMILES string of the molecule is CCOC(=O)C=Cc1cc(SCc2ccccc2)ccc1N. The minimum Gasteiger partial charge on any atom is -0.463 e. The molecule has 0 amide bonds. The monoisotopic (exact) mass is 313 g/mol. The summed E-state index contributed by atoms with van der Waals surface area (Å²) in [4.78, 5) is 12.5. The van der Waals surface area contributed by atoms with Crippen LogP contribution in [0.3, 0.4) is 0 Å². The standard InChI is InChI=1S/C18H19NO2S/c1-2-21-18(20)11-8-15-12-16(9-10-17(15)19)22-13-14-6-4-3-5-7-14/h3-12H,2,13,19H2,1H3. The molecule has 0 aromatic heterocycles. The summed E-state index contributed by atoms with van der Waals surface area (Å²) in [5.41, 5.74) is 8.68. The zero-order valence-corrected chi connectivity index (χ0v) is 13.3. The molecule has 2 aromatic rings. The number of carbonyl (C=O) groups excluding carboxylic acids is 1. The number of nitrogens with two attached hydrogens (primary N) is 1. The Labute approximate surface area is 135 Å². The molecule has 0 heterocycles. The van der Waals surface area contributed by atoms with Crippen molar-refractivity contribution in [3.8, 4) is 0 Å². The molecular weight excluding hydrogens is 294 g/mol. The Morgan fingerprint density at radius 2 is 2.00 bits per heavy atom. The number of thioether (sulfide) groups is 1. The second kappa shape index (κ2) is 8.29.